The maximum atomic E-state index is 13.2. The van der Waals surface area contributed by atoms with E-state index in [1.807, 2.05) is 0 Å². The average molecular weight is 315 g/mol. The second-order valence-corrected chi connectivity index (χ2v) is 3.85. The van der Waals surface area contributed by atoms with Crippen LogP contribution in [0.2, 0.25) is 0 Å². The third-order valence-corrected chi connectivity index (χ3v) is 2.71. The van der Waals surface area contributed by atoms with Crippen molar-refractivity contribution >= 4 is 37.8 Å². The number of carbonyl (C=O) groups excluding carboxylic acids is 1. The molecule has 0 saturated carbocycles. The van der Waals surface area contributed by atoms with Gasteiger partial charge in [0.1, 0.15) is 5.82 Å². The van der Waals surface area contributed by atoms with Crippen LogP contribution in [0.25, 0.3) is 0 Å². The highest BCUT2D eigenvalue weighted by molar-refractivity contribution is 9.11. The average Bonchev–Trinajstić information content (AvgIpc) is 1.99. The van der Waals surface area contributed by atoms with E-state index in [1.54, 1.807) is 0 Å². The highest BCUT2D eigenvalue weighted by Crippen LogP contribution is 2.28. The van der Waals surface area contributed by atoms with E-state index in [4.69, 9.17) is 5.73 Å². The summed E-state index contributed by atoms with van der Waals surface area (Å²) in [6.45, 7) is 0. The molecule has 0 aliphatic heterocycles. The minimum atomic E-state index is -1.00. The summed E-state index contributed by atoms with van der Waals surface area (Å²) in [7, 11) is 0. The zero-order valence-electron chi connectivity index (χ0n) is 6.07. The second-order valence-electron chi connectivity index (χ2n) is 2.21. The van der Waals surface area contributed by atoms with Crippen LogP contribution < -0.4 is 5.73 Å². The van der Waals surface area contributed by atoms with Crippen LogP contribution in [0, 0.1) is 11.6 Å². The van der Waals surface area contributed by atoms with E-state index in [9.17, 15) is 13.6 Å². The van der Waals surface area contributed by atoms with Gasteiger partial charge in [-0.05, 0) is 37.9 Å². The van der Waals surface area contributed by atoms with Gasteiger partial charge in [0.15, 0.2) is 5.82 Å². The lowest BCUT2D eigenvalue weighted by molar-refractivity contribution is 0.0995. The van der Waals surface area contributed by atoms with Gasteiger partial charge in [-0.2, -0.15) is 0 Å². The van der Waals surface area contributed by atoms with Gasteiger partial charge in [0.25, 0.3) is 5.91 Å². The van der Waals surface area contributed by atoms with E-state index < -0.39 is 22.0 Å². The van der Waals surface area contributed by atoms with Crippen LogP contribution in [-0.4, -0.2) is 5.91 Å². The van der Waals surface area contributed by atoms with Crippen LogP contribution in [0.3, 0.4) is 0 Å². The maximum absolute atomic E-state index is 13.2. The van der Waals surface area contributed by atoms with Crippen molar-refractivity contribution in [2.24, 2.45) is 5.73 Å². The number of halogens is 4. The number of hydrogen-bond donors (Lipinski definition) is 1. The van der Waals surface area contributed by atoms with E-state index >= 15 is 0 Å². The number of carbonyl (C=O) groups is 1. The summed E-state index contributed by atoms with van der Waals surface area (Å²) < 4.78 is 25.6. The van der Waals surface area contributed by atoms with E-state index in [0.29, 0.717) is 0 Å². The van der Waals surface area contributed by atoms with Gasteiger partial charge >= 0.3 is 0 Å². The summed E-state index contributed by atoms with van der Waals surface area (Å²) in [5, 5.41) is 0. The normalized spacial score (nSPS) is 10.2. The fourth-order valence-electron chi connectivity index (χ4n) is 0.792. The first-order valence-electron chi connectivity index (χ1n) is 3.08. The van der Waals surface area contributed by atoms with Crippen molar-refractivity contribution in [3.8, 4) is 0 Å². The highest BCUT2D eigenvalue weighted by Gasteiger charge is 2.19. The van der Waals surface area contributed by atoms with E-state index in [0.717, 1.165) is 6.07 Å². The highest BCUT2D eigenvalue weighted by atomic mass is 79.9. The Labute approximate surface area is 89.4 Å². The van der Waals surface area contributed by atoms with Gasteiger partial charge < -0.3 is 5.73 Å². The van der Waals surface area contributed by atoms with Crippen molar-refractivity contribution in [1.82, 2.24) is 0 Å². The number of hydrogen-bond acceptors (Lipinski definition) is 1. The smallest absolute Gasteiger partial charge is 0.252 e. The van der Waals surface area contributed by atoms with Gasteiger partial charge in [0.05, 0.1) is 10.0 Å². The van der Waals surface area contributed by atoms with Crippen molar-refractivity contribution in [3.63, 3.8) is 0 Å². The minimum Gasteiger partial charge on any atom is -0.365 e. The molecule has 1 aromatic rings. The van der Waals surface area contributed by atoms with Gasteiger partial charge in [-0.3, -0.25) is 4.79 Å². The molecule has 1 aromatic carbocycles. The summed E-state index contributed by atoms with van der Waals surface area (Å²) >= 11 is 5.48. The molecular formula is C7H3Br2F2NO. The molecule has 0 spiro atoms. The Kier molecular flexibility index (Phi) is 3.02. The lowest BCUT2D eigenvalue weighted by Crippen LogP contribution is -2.14. The van der Waals surface area contributed by atoms with Crippen molar-refractivity contribution in [3.05, 3.63) is 32.2 Å². The molecular weight excluding hydrogens is 312 g/mol. The Morgan fingerprint density at radius 3 is 2.38 bits per heavy atom. The van der Waals surface area contributed by atoms with Crippen molar-refractivity contribution in [1.29, 1.82) is 0 Å². The Morgan fingerprint density at radius 2 is 1.92 bits per heavy atom. The summed E-state index contributed by atoms with van der Waals surface area (Å²) in [6, 6.07) is 0.966. The molecule has 0 aromatic heterocycles. The Bertz CT molecular complexity index is 381. The zero-order chi connectivity index (χ0) is 10.2. The molecule has 6 heteroatoms. The lowest BCUT2D eigenvalue weighted by atomic mass is 10.2. The molecule has 0 unspecified atom stereocenters. The molecule has 0 radical (unpaired) electrons. The van der Waals surface area contributed by atoms with Crippen LogP contribution in [0.5, 0.6) is 0 Å². The summed E-state index contributed by atoms with van der Waals surface area (Å²) in [5.74, 6) is -2.75. The molecule has 0 aliphatic rings. The van der Waals surface area contributed by atoms with Crippen LogP contribution in [0.4, 0.5) is 8.78 Å². The van der Waals surface area contributed by atoms with E-state index in [1.165, 1.54) is 0 Å². The molecule has 2 nitrogen and oxygen atoms in total. The fourth-order valence-corrected chi connectivity index (χ4v) is 1.68. The quantitative estimate of drug-likeness (QED) is 0.628. The van der Waals surface area contributed by atoms with E-state index in [-0.39, 0.29) is 10.0 Å². The molecule has 0 fully saturated rings. The minimum absolute atomic E-state index is 0.00167. The van der Waals surface area contributed by atoms with Crippen LogP contribution in [0.15, 0.2) is 15.0 Å². The SMILES string of the molecule is NC(=O)c1c(Br)cc(F)c(Br)c1F. The number of amides is 1. The number of benzene rings is 1. The van der Waals surface area contributed by atoms with E-state index in [2.05, 4.69) is 31.9 Å². The molecule has 13 heavy (non-hydrogen) atoms. The topological polar surface area (TPSA) is 43.1 Å². The molecule has 1 amide bonds. The maximum Gasteiger partial charge on any atom is 0.252 e. The van der Waals surface area contributed by atoms with Crippen molar-refractivity contribution in [2.45, 2.75) is 0 Å². The molecule has 0 aliphatic carbocycles. The first kappa shape index (κ1) is 10.6. The van der Waals surface area contributed by atoms with Crippen molar-refractivity contribution < 1.29 is 13.6 Å². The second kappa shape index (κ2) is 3.71. The predicted molar refractivity (Wildman–Crippen MR) is 50.3 cm³/mol. The Hall–Kier alpha value is -0.490. The summed E-state index contributed by atoms with van der Waals surface area (Å²) in [6.07, 6.45) is 0. The van der Waals surface area contributed by atoms with Gasteiger partial charge in [-0.25, -0.2) is 8.78 Å². The molecule has 0 bridgehead atoms. The predicted octanol–water partition coefficient (Wildman–Crippen LogP) is 2.59. The fraction of sp³-hybridized carbons (Fsp3) is 0. The molecule has 0 saturated heterocycles. The van der Waals surface area contributed by atoms with Gasteiger partial charge in [-0.1, -0.05) is 0 Å². The third-order valence-electron chi connectivity index (χ3n) is 1.36. The zero-order valence-corrected chi connectivity index (χ0v) is 9.25. The van der Waals surface area contributed by atoms with Gasteiger partial charge in [0.2, 0.25) is 0 Å². The van der Waals surface area contributed by atoms with Gasteiger partial charge in [-0.15, -0.1) is 0 Å². The number of primary amides is 1. The summed E-state index contributed by atoms with van der Waals surface area (Å²) in [5.41, 5.74) is 4.51. The molecule has 70 valence electrons. The van der Waals surface area contributed by atoms with Crippen molar-refractivity contribution in [2.75, 3.05) is 0 Å². The van der Waals surface area contributed by atoms with Crippen LogP contribution in [-0.2, 0) is 0 Å². The number of nitrogens with two attached hydrogens (primary N) is 1. The molecule has 2 N–H and O–H groups in total. The third kappa shape index (κ3) is 1.88. The Balaban J connectivity index is 3.53. The van der Waals surface area contributed by atoms with Gasteiger partial charge in [0, 0.05) is 4.47 Å². The number of rotatable bonds is 1. The Morgan fingerprint density at radius 1 is 1.38 bits per heavy atom. The molecule has 0 atom stereocenters. The molecule has 0 heterocycles. The molecule has 1 rings (SSSR count). The standard InChI is InChI=1S/C7H3Br2F2NO/c8-2-1-3(10)5(9)6(11)4(2)7(12)13/h1H,(H2,12,13). The summed E-state index contributed by atoms with van der Waals surface area (Å²) in [4.78, 5) is 10.7. The van der Waals surface area contributed by atoms with Crippen LogP contribution >= 0.6 is 31.9 Å². The largest absolute Gasteiger partial charge is 0.365 e. The first-order chi connectivity index (χ1) is 5.95. The first-order valence-corrected chi connectivity index (χ1v) is 4.66. The lowest BCUT2D eigenvalue weighted by Gasteiger charge is -2.04. The van der Waals surface area contributed by atoms with Crippen LogP contribution in [0.1, 0.15) is 10.4 Å². The monoisotopic (exact) mass is 313 g/mol.